The van der Waals surface area contributed by atoms with Crippen LogP contribution in [-0.4, -0.2) is 21.8 Å². The molecule has 1 saturated heterocycles. The second-order valence-corrected chi connectivity index (χ2v) is 7.12. The molecule has 1 N–H and O–H groups in total. The van der Waals surface area contributed by atoms with E-state index in [2.05, 4.69) is 30.6 Å². The summed E-state index contributed by atoms with van der Waals surface area (Å²) in [6, 6.07) is 3.15. The van der Waals surface area contributed by atoms with Crippen LogP contribution < -0.4 is 5.32 Å². The Morgan fingerprint density at radius 3 is 2.75 bits per heavy atom. The van der Waals surface area contributed by atoms with E-state index in [4.69, 9.17) is 0 Å². The van der Waals surface area contributed by atoms with Gasteiger partial charge >= 0.3 is 0 Å². The van der Waals surface area contributed by atoms with Gasteiger partial charge in [0.15, 0.2) is 0 Å². The lowest BCUT2D eigenvalue weighted by molar-refractivity contribution is 0.429. The minimum Gasteiger partial charge on any atom is -0.307 e. The van der Waals surface area contributed by atoms with Gasteiger partial charge in [-0.2, -0.15) is 0 Å². The normalized spacial score (nSPS) is 27.9. The van der Waals surface area contributed by atoms with E-state index in [1.54, 1.807) is 0 Å². The van der Waals surface area contributed by atoms with Crippen LogP contribution in [0.1, 0.15) is 36.2 Å². The van der Waals surface area contributed by atoms with Crippen molar-refractivity contribution >= 4 is 22.1 Å². The molecule has 90 valence electrons. The predicted octanol–water partition coefficient (Wildman–Crippen LogP) is 2.62. The summed E-state index contributed by atoms with van der Waals surface area (Å²) in [7, 11) is -0.554. The zero-order valence-corrected chi connectivity index (χ0v) is 11.5. The molecule has 4 heteroatoms. The van der Waals surface area contributed by atoms with Gasteiger partial charge in [-0.05, 0) is 43.7 Å². The molecule has 0 aromatic carbocycles. The summed E-state index contributed by atoms with van der Waals surface area (Å²) in [4.78, 5) is 1.44. The van der Waals surface area contributed by atoms with E-state index in [-0.39, 0.29) is 0 Å². The van der Waals surface area contributed by atoms with Crippen molar-refractivity contribution in [3.63, 3.8) is 0 Å². The van der Waals surface area contributed by atoms with E-state index in [9.17, 15) is 4.21 Å². The third kappa shape index (κ3) is 2.93. The average Bonchev–Trinajstić information content (AvgIpc) is 2.68. The highest BCUT2D eigenvalue weighted by molar-refractivity contribution is 7.85. The van der Waals surface area contributed by atoms with Crippen LogP contribution in [0.2, 0.25) is 0 Å². The molecule has 2 nitrogen and oxygen atoms in total. The fourth-order valence-corrected chi connectivity index (χ4v) is 4.46. The zero-order chi connectivity index (χ0) is 11.5. The summed E-state index contributed by atoms with van der Waals surface area (Å²) in [6.07, 6.45) is 2.11. The molecule has 0 saturated carbocycles. The van der Waals surface area contributed by atoms with Gasteiger partial charge in [0.25, 0.3) is 0 Å². The summed E-state index contributed by atoms with van der Waals surface area (Å²) in [5.41, 5.74) is 1.38. The molecule has 0 bridgehead atoms. The molecule has 1 aromatic heterocycles. The molecule has 1 aromatic rings. The highest BCUT2D eigenvalue weighted by atomic mass is 32.2. The lowest BCUT2D eigenvalue weighted by Crippen LogP contribution is -2.37. The van der Waals surface area contributed by atoms with E-state index in [1.807, 2.05) is 11.3 Å². The molecule has 1 aliphatic rings. The molecular formula is C12H19NOS2. The largest absolute Gasteiger partial charge is 0.307 e. The maximum absolute atomic E-state index is 11.3. The summed E-state index contributed by atoms with van der Waals surface area (Å²) in [6.45, 7) is 4.39. The van der Waals surface area contributed by atoms with Crippen LogP contribution in [0.3, 0.4) is 0 Å². The number of aryl methyl sites for hydroxylation is 1. The lowest BCUT2D eigenvalue weighted by Gasteiger charge is -2.26. The van der Waals surface area contributed by atoms with Crippen molar-refractivity contribution in [3.05, 3.63) is 21.9 Å². The van der Waals surface area contributed by atoms with Crippen molar-refractivity contribution < 1.29 is 4.21 Å². The van der Waals surface area contributed by atoms with Gasteiger partial charge in [-0.3, -0.25) is 4.21 Å². The number of hydrogen-bond donors (Lipinski definition) is 1. The van der Waals surface area contributed by atoms with Gasteiger partial charge < -0.3 is 5.32 Å². The van der Waals surface area contributed by atoms with Crippen LogP contribution >= 0.6 is 11.3 Å². The molecule has 2 rings (SSSR count). The molecule has 16 heavy (non-hydrogen) atoms. The zero-order valence-electron chi connectivity index (χ0n) is 9.86. The first-order valence-corrected chi connectivity index (χ1v) is 8.18. The van der Waals surface area contributed by atoms with Crippen molar-refractivity contribution in [2.75, 3.05) is 11.5 Å². The van der Waals surface area contributed by atoms with E-state index in [1.165, 1.54) is 10.4 Å². The molecule has 0 spiro atoms. The van der Waals surface area contributed by atoms with Crippen molar-refractivity contribution in [1.82, 2.24) is 5.32 Å². The third-order valence-electron chi connectivity index (χ3n) is 3.17. The van der Waals surface area contributed by atoms with Crippen LogP contribution in [0.15, 0.2) is 11.4 Å². The Balaban J connectivity index is 1.90. The maximum atomic E-state index is 11.3. The summed E-state index contributed by atoms with van der Waals surface area (Å²) in [5, 5.41) is 5.81. The molecule has 1 aliphatic heterocycles. The van der Waals surface area contributed by atoms with E-state index in [0.717, 1.165) is 24.3 Å². The Bertz CT molecular complexity index is 365. The van der Waals surface area contributed by atoms with Crippen LogP contribution in [0, 0.1) is 6.92 Å². The standard InChI is InChI=1S/C12H19NOS2/c1-9-3-6-15-12(9)10(2)13-11-4-7-16(14)8-5-11/h3,6,10-11,13H,4-5,7-8H2,1-2H3. The van der Waals surface area contributed by atoms with Gasteiger partial charge in [-0.1, -0.05) is 0 Å². The number of hydrogen-bond acceptors (Lipinski definition) is 3. The molecule has 1 atom stereocenters. The summed E-state index contributed by atoms with van der Waals surface area (Å²) < 4.78 is 11.3. The molecule has 0 radical (unpaired) electrons. The van der Waals surface area contributed by atoms with Crippen molar-refractivity contribution in [2.45, 2.75) is 38.8 Å². The highest BCUT2D eigenvalue weighted by Gasteiger charge is 2.20. The first-order valence-electron chi connectivity index (χ1n) is 5.82. The smallest absolute Gasteiger partial charge is 0.0390 e. The molecule has 0 amide bonds. The summed E-state index contributed by atoms with van der Waals surface area (Å²) >= 11 is 1.82. The Morgan fingerprint density at radius 1 is 1.50 bits per heavy atom. The van der Waals surface area contributed by atoms with Crippen molar-refractivity contribution in [3.8, 4) is 0 Å². The number of thiophene rings is 1. The third-order valence-corrected chi connectivity index (χ3v) is 5.75. The first kappa shape index (κ1) is 12.3. The van der Waals surface area contributed by atoms with Crippen LogP contribution in [-0.2, 0) is 10.8 Å². The van der Waals surface area contributed by atoms with Crippen LogP contribution in [0.5, 0.6) is 0 Å². The van der Waals surface area contributed by atoms with Crippen molar-refractivity contribution in [1.29, 1.82) is 0 Å². The van der Waals surface area contributed by atoms with Crippen LogP contribution in [0.25, 0.3) is 0 Å². The molecule has 1 unspecified atom stereocenters. The highest BCUT2D eigenvalue weighted by Crippen LogP contribution is 2.25. The van der Waals surface area contributed by atoms with Crippen LogP contribution in [0.4, 0.5) is 0 Å². The van der Waals surface area contributed by atoms with E-state index < -0.39 is 10.8 Å². The monoisotopic (exact) mass is 257 g/mol. The summed E-state index contributed by atoms with van der Waals surface area (Å²) in [5.74, 6) is 1.74. The second-order valence-electron chi connectivity index (χ2n) is 4.48. The fourth-order valence-electron chi connectivity index (χ4n) is 2.22. The van der Waals surface area contributed by atoms with E-state index in [0.29, 0.717) is 12.1 Å². The SMILES string of the molecule is Cc1ccsc1C(C)NC1CCS(=O)CC1. The fraction of sp³-hybridized carbons (Fsp3) is 0.667. The van der Waals surface area contributed by atoms with Gasteiger partial charge in [0.05, 0.1) is 0 Å². The minimum atomic E-state index is -0.554. The van der Waals surface area contributed by atoms with E-state index >= 15 is 0 Å². The average molecular weight is 257 g/mol. The first-order chi connectivity index (χ1) is 7.66. The minimum absolute atomic E-state index is 0.427. The molecular weight excluding hydrogens is 238 g/mol. The Morgan fingerprint density at radius 2 is 2.19 bits per heavy atom. The Hall–Kier alpha value is -0.190. The molecule has 2 heterocycles. The maximum Gasteiger partial charge on any atom is 0.0390 e. The number of rotatable bonds is 3. The van der Waals surface area contributed by atoms with Gasteiger partial charge in [0.2, 0.25) is 0 Å². The number of nitrogens with one attached hydrogen (secondary N) is 1. The van der Waals surface area contributed by atoms with Gasteiger partial charge in [0.1, 0.15) is 0 Å². The Kier molecular flexibility index (Phi) is 4.16. The Labute approximate surface area is 104 Å². The van der Waals surface area contributed by atoms with Gasteiger partial charge in [0, 0.05) is 39.3 Å². The van der Waals surface area contributed by atoms with Gasteiger partial charge in [-0.25, -0.2) is 0 Å². The van der Waals surface area contributed by atoms with Crippen molar-refractivity contribution in [2.24, 2.45) is 0 Å². The molecule has 1 fully saturated rings. The quantitative estimate of drug-likeness (QED) is 0.902. The molecule has 0 aliphatic carbocycles. The predicted molar refractivity (Wildman–Crippen MR) is 71.5 cm³/mol. The lowest BCUT2D eigenvalue weighted by atomic mass is 10.1. The van der Waals surface area contributed by atoms with Gasteiger partial charge in [-0.15, -0.1) is 11.3 Å². The topological polar surface area (TPSA) is 29.1 Å². The second kappa shape index (κ2) is 5.43.